The summed E-state index contributed by atoms with van der Waals surface area (Å²) < 4.78 is 0. The van der Waals surface area contributed by atoms with Gasteiger partial charge in [-0.25, -0.2) is 9.78 Å². The Morgan fingerprint density at radius 1 is 1.36 bits per heavy atom. The standard InChI is InChI=1S/C18H19N3O3S/c1-9-5-4-6-13-15(9)12(8-19-13)7-14(22)20-11(3)17-21-10(2)16(25-17)18(23)24/h4-6,8,11,19H,7H2,1-3H3,(H,20,22)(H,23,24). The van der Waals surface area contributed by atoms with Crippen LogP contribution in [0, 0.1) is 13.8 Å². The second-order valence-corrected chi connectivity index (χ2v) is 7.08. The highest BCUT2D eigenvalue weighted by atomic mass is 32.1. The van der Waals surface area contributed by atoms with Crippen molar-refractivity contribution in [3.8, 4) is 0 Å². The fourth-order valence-corrected chi connectivity index (χ4v) is 3.83. The molecule has 0 radical (unpaired) electrons. The normalized spacial score (nSPS) is 12.3. The summed E-state index contributed by atoms with van der Waals surface area (Å²) in [5.41, 5.74) is 3.55. The Labute approximate surface area is 148 Å². The molecule has 2 aromatic heterocycles. The van der Waals surface area contributed by atoms with E-state index in [-0.39, 0.29) is 23.2 Å². The minimum absolute atomic E-state index is 0.124. The van der Waals surface area contributed by atoms with Crippen LogP contribution < -0.4 is 5.32 Å². The Bertz CT molecular complexity index is 958. The van der Waals surface area contributed by atoms with Crippen LogP contribution in [0.5, 0.6) is 0 Å². The number of amides is 1. The van der Waals surface area contributed by atoms with Crippen molar-refractivity contribution < 1.29 is 14.7 Å². The number of fused-ring (bicyclic) bond motifs is 1. The quantitative estimate of drug-likeness (QED) is 0.652. The van der Waals surface area contributed by atoms with Crippen LogP contribution in [0.3, 0.4) is 0 Å². The molecule has 130 valence electrons. The van der Waals surface area contributed by atoms with Gasteiger partial charge in [-0.3, -0.25) is 4.79 Å². The molecular weight excluding hydrogens is 338 g/mol. The van der Waals surface area contributed by atoms with Crippen molar-refractivity contribution in [1.82, 2.24) is 15.3 Å². The number of aromatic amines is 1. The lowest BCUT2D eigenvalue weighted by Crippen LogP contribution is -2.28. The summed E-state index contributed by atoms with van der Waals surface area (Å²) in [7, 11) is 0. The monoisotopic (exact) mass is 357 g/mol. The molecule has 0 fully saturated rings. The molecule has 3 N–H and O–H groups in total. The van der Waals surface area contributed by atoms with Crippen molar-refractivity contribution in [3.63, 3.8) is 0 Å². The maximum absolute atomic E-state index is 12.4. The number of aromatic carboxylic acids is 1. The minimum atomic E-state index is -0.992. The molecule has 1 aromatic carbocycles. The molecule has 7 heteroatoms. The SMILES string of the molecule is Cc1nc(C(C)NC(=O)Cc2c[nH]c3cccc(C)c23)sc1C(=O)O. The van der Waals surface area contributed by atoms with E-state index in [1.807, 2.05) is 38.2 Å². The number of aryl methyl sites for hydroxylation is 2. The molecule has 2 heterocycles. The van der Waals surface area contributed by atoms with Gasteiger partial charge in [0.25, 0.3) is 0 Å². The van der Waals surface area contributed by atoms with E-state index in [0.29, 0.717) is 10.7 Å². The average molecular weight is 357 g/mol. The van der Waals surface area contributed by atoms with Crippen molar-refractivity contribution in [2.75, 3.05) is 0 Å². The van der Waals surface area contributed by atoms with Gasteiger partial charge in [0.1, 0.15) is 9.88 Å². The minimum Gasteiger partial charge on any atom is -0.477 e. The van der Waals surface area contributed by atoms with Gasteiger partial charge in [0.2, 0.25) is 5.91 Å². The largest absolute Gasteiger partial charge is 0.477 e. The summed E-state index contributed by atoms with van der Waals surface area (Å²) >= 11 is 1.10. The molecule has 3 aromatic rings. The Balaban J connectivity index is 1.73. The summed E-state index contributed by atoms with van der Waals surface area (Å²) in [5, 5.41) is 13.7. The van der Waals surface area contributed by atoms with Gasteiger partial charge in [-0.2, -0.15) is 0 Å². The molecular formula is C18H19N3O3S. The number of hydrogen-bond acceptors (Lipinski definition) is 4. The third-order valence-corrected chi connectivity index (χ3v) is 5.43. The van der Waals surface area contributed by atoms with Crippen LogP contribution in [0.15, 0.2) is 24.4 Å². The van der Waals surface area contributed by atoms with E-state index in [1.54, 1.807) is 6.92 Å². The van der Waals surface area contributed by atoms with E-state index in [1.165, 1.54) is 0 Å². The summed E-state index contributed by atoms with van der Waals surface area (Å²) in [6, 6.07) is 5.64. The Morgan fingerprint density at radius 2 is 2.12 bits per heavy atom. The van der Waals surface area contributed by atoms with E-state index in [0.717, 1.165) is 33.4 Å². The summed E-state index contributed by atoms with van der Waals surface area (Å²) in [6.45, 7) is 5.49. The summed E-state index contributed by atoms with van der Waals surface area (Å²) in [6.07, 6.45) is 2.11. The van der Waals surface area contributed by atoms with Gasteiger partial charge in [-0.15, -0.1) is 11.3 Å². The maximum atomic E-state index is 12.4. The number of hydrogen-bond donors (Lipinski definition) is 3. The fraction of sp³-hybridized carbons (Fsp3) is 0.278. The second-order valence-electron chi connectivity index (χ2n) is 6.05. The number of thiazole rings is 1. The lowest BCUT2D eigenvalue weighted by Gasteiger charge is -2.11. The zero-order valence-corrected chi connectivity index (χ0v) is 15.0. The third-order valence-electron chi connectivity index (χ3n) is 4.10. The van der Waals surface area contributed by atoms with Crippen LogP contribution >= 0.6 is 11.3 Å². The van der Waals surface area contributed by atoms with Crippen LogP contribution in [0.2, 0.25) is 0 Å². The molecule has 0 saturated heterocycles. The first-order valence-electron chi connectivity index (χ1n) is 7.92. The summed E-state index contributed by atoms with van der Waals surface area (Å²) in [5.74, 6) is -1.12. The smallest absolute Gasteiger partial charge is 0.347 e. The number of H-pyrrole nitrogens is 1. The van der Waals surface area contributed by atoms with Gasteiger partial charge in [0, 0.05) is 17.1 Å². The van der Waals surface area contributed by atoms with Crippen LogP contribution in [-0.2, 0) is 11.2 Å². The molecule has 6 nitrogen and oxygen atoms in total. The molecule has 1 unspecified atom stereocenters. The van der Waals surface area contributed by atoms with Gasteiger partial charge in [-0.05, 0) is 38.0 Å². The van der Waals surface area contributed by atoms with Crippen molar-refractivity contribution in [2.45, 2.75) is 33.2 Å². The number of benzene rings is 1. The molecule has 0 bridgehead atoms. The molecule has 0 spiro atoms. The average Bonchev–Trinajstić information content (AvgIpc) is 3.12. The van der Waals surface area contributed by atoms with Gasteiger partial charge in [0.05, 0.1) is 18.2 Å². The van der Waals surface area contributed by atoms with Crippen LogP contribution in [0.1, 0.15) is 44.5 Å². The number of carboxylic acids is 1. The van der Waals surface area contributed by atoms with Gasteiger partial charge in [0.15, 0.2) is 0 Å². The number of rotatable bonds is 5. The van der Waals surface area contributed by atoms with Crippen LogP contribution in [0.25, 0.3) is 10.9 Å². The molecule has 0 aliphatic heterocycles. The number of aromatic nitrogens is 2. The first-order chi connectivity index (χ1) is 11.9. The van der Waals surface area contributed by atoms with E-state index >= 15 is 0 Å². The first-order valence-corrected chi connectivity index (χ1v) is 8.74. The van der Waals surface area contributed by atoms with E-state index in [9.17, 15) is 9.59 Å². The topological polar surface area (TPSA) is 95.1 Å². The van der Waals surface area contributed by atoms with Gasteiger partial charge < -0.3 is 15.4 Å². The summed E-state index contributed by atoms with van der Waals surface area (Å²) in [4.78, 5) is 31.2. The Kier molecular flexibility index (Phi) is 4.59. The molecule has 0 aliphatic carbocycles. The number of carbonyl (C=O) groups is 2. The van der Waals surface area contributed by atoms with Crippen LogP contribution in [0.4, 0.5) is 0 Å². The molecule has 0 aliphatic rings. The molecule has 3 rings (SSSR count). The number of nitrogens with zero attached hydrogens (tertiary/aromatic N) is 1. The van der Waals surface area contributed by atoms with E-state index in [2.05, 4.69) is 15.3 Å². The van der Waals surface area contributed by atoms with Crippen molar-refractivity contribution in [1.29, 1.82) is 0 Å². The number of nitrogens with one attached hydrogen (secondary N) is 2. The predicted octanol–water partition coefficient (Wildman–Crippen LogP) is 3.36. The van der Waals surface area contributed by atoms with Crippen molar-refractivity contribution in [2.24, 2.45) is 0 Å². The Hall–Kier alpha value is -2.67. The van der Waals surface area contributed by atoms with E-state index in [4.69, 9.17) is 5.11 Å². The predicted molar refractivity (Wildman–Crippen MR) is 97.1 cm³/mol. The molecule has 25 heavy (non-hydrogen) atoms. The van der Waals surface area contributed by atoms with Crippen molar-refractivity contribution >= 4 is 34.1 Å². The van der Waals surface area contributed by atoms with Crippen LogP contribution in [-0.4, -0.2) is 27.0 Å². The Morgan fingerprint density at radius 3 is 2.80 bits per heavy atom. The van der Waals surface area contributed by atoms with Gasteiger partial charge >= 0.3 is 5.97 Å². The van der Waals surface area contributed by atoms with Gasteiger partial charge in [-0.1, -0.05) is 12.1 Å². The highest BCUT2D eigenvalue weighted by Crippen LogP contribution is 2.25. The number of carbonyl (C=O) groups excluding carboxylic acids is 1. The highest BCUT2D eigenvalue weighted by molar-refractivity contribution is 7.13. The molecule has 0 saturated carbocycles. The molecule has 1 atom stereocenters. The third kappa shape index (κ3) is 3.41. The number of carboxylic acid groups (broad SMARTS) is 1. The highest BCUT2D eigenvalue weighted by Gasteiger charge is 2.19. The maximum Gasteiger partial charge on any atom is 0.347 e. The van der Waals surface area contributed by atoms with E-state index < -0.39 is 5.97 Å². The first kappa shape index (κ1) is 17.2. The van der Waals surface area contributed by atoms with Crippen molar-refractivity contribution in [3.05, 3.63) is 51.1 Å². The lowest BCUT2D eigenvalue weighted by molar-refractivity contribution is -0.121. The molecule has 1 amide bonds. The second kappa shape index (κ2) is 6.68. The fourth-order valence-electron chi connectivity index (χ4n) is 2.92. The lowest BCUT2D eigenvalue weighted by atomic mass is 10.1. The zero-order chi connectivity index (χ0) is 18.1. The zero-order valence-electron chi connectivity index (χ0n) is 14.2.